The SMILES string of the molecule is COC(=O)COc1c(Cl)cc(C=C2N=C(c3ccc(C)cc3)OC2=O)cc1OC. The second-order valence-corrected chi connectivity index (χ2v) is 6.51. The van der Waals surface area contributed by atoms with Crippen molar-refractivity contribution >= 4 is 35.5 Å². The van der Waals surface area contributed by atoms with Gasteiger partial charge in [-0.25, -0.2) is 14.6 Å². The van der Waals surface area contributed by atoms with Crippen molar-refractivity contribution in [2.24, 2.45) is 4.99 Å². The topological polar surface area (TPSA) is 83.4 Å². The van der Waals surface area contributed by atoms with Crippen molar-refractivity contribution in [3.63, 3.8) is 0 Å². The molecule has 0 saturated heterocycles. The maximum atomic E-state index is 12.2. The average molecular weight is 416 g/mol. The molecular formula is C21H18ClNO6. The Morgan fingerprint density at radius 2 is 1.93 bits per heavy atom. The highest BCUT2D eigenvalue weighted by atomic mass is 35.5. The fourth-order valence-corrected chi connectivity index (χ4v) is 2.81. The van der Waals surface area contributed by atoms with Gasteiger partial charge in [-0.3, -0.25) is 0 Å². The number of ether oxygens (including phenoxy) is 4. The summed E-state index contributed by atoms with van der Waals surface area (Å²) in [6.07, 6.45) is 1.53. The lowest BCUT2D eigenvalue weighted by molar-refractivity contribution is -0.143. The lowest BCUT2D eigenvalue weighted by atomic mass is 10.1. The van der Waals surface area contributed by atoms with Crippen LogP contribution in [0.2, 0.25) is 5.02 Å². The minimum Gasteiger partial charge on any atom is -0.493 e. The number of rotatable bonds is 6. The van der Waals surface area contributed by atoms with E-state index < -0.39 is 11.9 Å². The minimum atomic E-state index is -0.568. The number of aryl methyl sites for hydroxylation is 1. The Balaban J connectivity index is 1.89. The Labute approximate surface area is 172 Å². The number of esters is 2. The van der Waals surface area contributed by atoms with E-state index in [2.05, 4.69) is 9.73 Å². The quantitative estimate of drug-likeness (QED) is 0.530. The largest absolute Gasteiger partial charge is 0.493 e. The van der Waals surface area contributed by atoms with Gasteiger partial charge in [0.2, 0.25) is 5.90 Å². The van der Waals surface area contributed by atoms with Crippen LogP contribution in [0.3, 0.4) is 0 Å². The van der Waals surface area contributed by atoms with Gasteiger partial charge in [0, 0.05) is 5.56 Å². The summed E-state index contributed by atoms with van der Waals surface area (Å²) in [6, 6.07) is 10.7. The normalized spacial score (nSPS) is 14.4. The number of hydrogen-bond donors (Lipinski definition) is 0. The Bertz CT molecular complexity index is 1010. The van der Waals surface area contributed by atoms with Gasteiger partial charge in [0.15, 0.2) is 23.8 Å². The fraction of sp³-hybridized carbons (Fsp3) is 0.190. The van der Waals surface area contributed by atoms with Crippen molar-refractivity contribution < 1.29 is 28.5 Å². The monoisotopic (exact) mass is 415 g/mol. The molecule has 1 aliphatic rings. The number of aliphatic imine (C=N–C) groups is 1. The number of hydrogen-bond acceptors (Lipinski definition) is 7. The number of halogens is 1. The Hall–Kier alpha value is -3.32. The highest BCUT2D eigenvalue weighted by molar-refractivity contribution is 6.32. The van der Waals surface area contributed by atoms with Crippen LogP contribution < -0.4 is 9.47 Å². The lowest BCUT2D eigenvalue weighted by Gasteiger charge is -2.12. The lowest BCUT2D eigenvalue weighted by Crippen LogP contribution is -2.13. The van der Waals surface area contributed by atoms with Crippen LogP contribution in [0, 0.1) is 6.92 Å². The van der Waals surface area contributed by atoms with Crippen molar-refractivity contribution in [2.45, 2.75) is 6.92 Å². The zero-order valence-corrected chi connectivity index (χ0v) is 16.8. The summed E-state index contributed by atoms with van der Waals surface area (Å²) in [7, 11) is 2.69. The molecule has 0 unspecified atom stereocenters. The van der Waals surface area contributed by atoms with Crippen LogP contribution in [0.25, 0.3) is 6.08 Å². The molecule has 29 heavy (non-hydrogen) atoms. The number of carbonyl (C=O) groups excluding carboxylic acids is 2. The molecule has 0 aromatic heterocycles. The molecule has 2 aromatic rings. The summed E-state index contributed by atoms with van der Waals surface area (Å²) >= 11 is 6.26. The summed E-state index contributed by atoms with van der Waals surface area (Å²) < 4.78 is 20.5. The van der Waals surface area contributed by atoms with Gasteiger partial charge in [-0.05, 0) is 42.8 Å². The third kappa shape index (κ3) is 4.75. The molecule has 2 aromatic carbocycles. The van der Waals surface area contributed by atoms with Crippen LogP contribution in [-0.2, 0) is 19.1 Å². The van der Waals surface area contributed by atoms with Crippen molar-refractivity contribution in [3.8, 4) is 11.5 Å². The highest BCUT2D eigenvalue weighted by Gasteiger charge is 2.24. The van der Waals surface area contributed by atoms with Crippen molar-refractivity contribution in [1.29, 1.82) is 0 Å². The van der Waals surface area contributed by atoms with Gasteiger partial charge in [0.05, 0.1) is 19.2 Å². The zero-order valence-electron chi connectivity index (χ0n) is 16.0. The molecule has 0 aliphatic carbocycles. The van der Waals surface area contributed by atoms with Crippen LogP contribution in [-0.4, -0.2) is 38.7 Å². The smallest absolute Gasteiger partial charge is 0.363 e. The van der Waals surface area contributed by atoms with Gasteiger partial charge < -0.3 is 18.9 Å². The first kappa shape index (κ1) is 20.4. The summed E-state index contributed by atoms with van der Waals surface area (Å²) in [5.41, 5.74) is 2.47. The van der Waals surface area contributed by atoms with E-state index in [9.17, 15) is 9.59 Å². The molecule has 0 fully saturated rings. The van der Waals surface area contributed by atoms with Crippen LogP contribution in [0.4, 0.5) is 0 Å². The van der Waals surface area contributed by atoms with Gasteiger partial charge in [-0.2, -0.15) is 0 Å². The fourth-order valence-electron chi connectivity index (χ4n) is 2.54. The van der Waals surface area contributed by atoms with E-state index in [1.165, 1.54) is 20.3 Å². The van der Waals surface area contributed by atoms with Crippen molar-refractivity contribution in [2.75, 3.05) is 20.8 Å². The predicted molar refractivity (Wildman–Crippen MR) is 107 cm³/mol. The molecule has 0 saturated carbocycles. The summed E-state index contributed by atoms with van der Waals surface area (Å²) in [6.45, 7) is 1.65. The van der Waals surface area contributed by atoms with E-state index in [-0.39, 0.29) is 29.0 Å². The summed E-state index contributed by atoms with van der Waals surface area (Å²) in [5.74, 6) is -0.401. The van der Waals surface area contributed by atoms with E-state index in [0.717, 1.165) is 5.56 Å². The van der Waals surface area contributed by atoms with E-state index in [4.69, 9.17) is 25.8 Å². The van der Waals surface area contributed by atoms with Crippen LogP contribution in [0.5, 0.6) is 11.5 Å². The standard InChI is InChI=1S/C21H18ClNO6/c1-12-4-6-14(7-5-12)20-23-16(21(25)29-20)9-13-8-15(22)19(17(10-13)26-2)28-11-18(24)27-3/h4-10H,11H2,1-3H3. The van der Waals surface area contributed by atoms with E-state index >= 15 is 0 Å². The third-order valence-corrected chi connectivity index (χ3v) is 4.32. The number of cyclic esters (lactones) is 1. The maximum absolute atomic E-state index is 12.2. The summed E-state index contributed by atoms with van der Waals surface area (Å²) in [4.78, 5) is 27.8. The van der Waals surface area contributed by atoms with Gasteiger partial charge in [0.1, 0.15) is 0 Å². The molecule has 0 spiro atoms. The highest BCUT2D eigenvalue weighted by Crippen LogP contribution is 2.37. The number of nitrogens with zero attached hydrogens (tertiary/aromatic N) is 1. The first-order valence-electron chi connectivity index (χ1n) is 8.58. The van der Waals surface area contributed by atoms with Gasteiger partial charge in [0.25, 0.3) is 0 Å². The summed E-state index contributed by atoms with van der Waals surface area (Å²) in [5, 5.41) is 0.203. The molecule has 0 amide bonds. The Kier molecular flexibility index (Phi) is 6.19. The minimum absolute atomic E-state index is 0.127. The van der Waals surface area contributed by atoms with Gasteiger partial charge >= 0.3 is 11.9 Å². The molecule has 1 aliphatic heterocycles. The van der Waals surface area contributed by atoms with Gasteiger partial charge in [-0.15, -0.1) is 0 Å². The van der Waals surface area contributed by atoms with E-state index in [1.54, 1.807) is 12.1 Å². The number of benzene rings is 2. The second kappa shape index (κ2) is 8.79. The Morgan fingerprint density at radius 1 is 1.21 bits per heavy atom. The third-order valence-electron chi connectivity index (χ3n) is 4.04. The molecule has 3 rings (SSSR count). The number of carbonyl (C=O) groups is 2. The van der Waals surface area contributed by atoms with E-state index in [1.807, 2.05) is 31.2 Å². The number of methoxy groups -OCH3 is 2. The second-order valence-electron chi connectivity index (χ2n) is 6.10. The molecular weight excluding hydrogens is 398 g/mol. The molecule has 0 atom stereocenters. The molecule has 1 heterocycles. The molecule has 7 nitrogen and oxygen atoms in total. The van der Waals surface area contributed by atoms with Gasteiger partial charge in [-0.1, -0.05) is 29.3 Å². The maximum Gasteiger partial charge on any atom is 0.363 e. The average Bonchev–Trinajstić information content (AvgIpc) is 3.07. The zero-order chi connectivity index (χ0) is 21.0. The van der Waals surface area contributed by atoms with Crippen molar-refractivity contribution in [3.05, 3.63) is 63.8 Å². The van der Waals surface area contributed by atoms with Crippen LogP contribution in [0.1, 0.15) is 16.7 Å². The predicted octanol–water partition coefficient (Wildman–Crippen LogP) is 3.55. The molecule has 0 radical (unpaired) electrons. The molecule has 8 heteroatoms. The van der Waals surface area contributed by atoms with Crippen molar-refractivity contribution in [1.82, 2.24) is 0 Å². The Morgan fingerprint density at radius 3 is 2.59 bits per heavy atom. The molecule has 150 valence electrons. The molecule has 0 N–H and O–H groups in total. The van der Waals surface area contributed by atoms with Crippen LogP contribution in [0.15, 0.2) is 47.1 Å². The first-order valence-corrected chi connectivity index (χ1v) is 8.96. The first-order chi connectivity index (χ1) is 13.9. The van der Waals surface area contributed by atoms with Crippen LogP contribution >= 0.6 is 11.6 Å². The van der Waals surface area contributed by atoms with E-state index in [0.29, 0.717) is 16.9 Å². The molecule has 0 bridgehead atoms.